The zero-order chi connectivity index (χ0) is 46.8. The third kappa shape index (κ3) is 14.0. The Bertz CT molecular complexity index is 2550. The lowest BCUT2D eigenvalue weighted by molar-refractivity contribution is -0.118. The van der Waals surface area contributed by atoms with E-state index in [1.807, 2.05) is 48.7 Å². The van der Waals surface area contributed by atoms with Gasteiger partial charge in [0.1, 0.15) is 6.73 Å². The molecule has 0 saturated heterocycles. The van der Waals surface area contributed by atoms with E-state index in [2.05, 4.69) is 86.6 Å². The topological polar surface area (TPSA) is 135 Å². The third-order valence-corrected chi connectivity index (χ3v) is 20.9. The number of fused-ring (bicyclic) bond motifs is 1. The first-order valence-electron chi connectivity index (χ1n) is 21.8. The smallest absolute Gasteiger partial charge is 0.355 e. The second kappa shape index (κ2) is 22.1. The van der Waals surface area contributed by atoms with Crippen LogP contribution in [0.15, 0.2) is 53.5 Å². The molecule has 0 aliphatic carbocycles. The van der Waals surface area contributed by atoms with Crippen LogP contribution in [0.5, 0.6) is 5.75 Å². The van der Waals surface area contributed by atoms with Gasteiger partial charge in [0, 0.05) is 31.5 Å². The van der Waals surface area contributed by atoms with Crippen molar-refractivity contribution in [3.8, 4) is 17.6 Å². The number of hydrogen-bond donors (Lipinski definition) is 1. The van der Waals surface area contributed by atoms with Crippen molar-refractivity contribution in [2.24, 2.45) is 4.99 Å². The van der Waals surface area contributed by atoms with Crippen molar-refractivity contribution in [1.82, 2.24) is 24.6 Å². The van der Waals surface area contributed by atoms with Crippen molar-refractivity contribution in [3.63, 3.8) is 0 Å². The molecule has 64 heavy (non-hydrogen) atoms. The number of carboxylic acids is 1. The number of halogens is 1. The summed E-state index contributed by atoms with van der Waals surface area (Å²) in [5, 5.41) is 19.8. The van der Waals surface area contributed by atoms with Crippen LogP contribution in [-0.4, -0.2) is 91.6 Å². The Morgan fingerprint density at radius 2 is 1.72 bits per heavy atom. The Morgan fingerprint density at radius 1 is 0.969 bits per heavy atom. The van der Waals surface area contributed by atoms with E-state index < -0.39 is 27.9 Å². The predicted molar refractivity (Wildman–Crippen MR) is 264 cm³/mol. The van der Waals surface area contributed by atoms with Gasteiger partial charge in [0.25, 0.3) is 0 Å². The van der Waals surface area contributed by atoms with Gasteiger partial charge in [-0.15, -0.1) is 21.5 Å². The summed E-state index contributed by atoms with van der Waals surface area (Å²) in [4.78, 5) is 40.9. The van der Waals surface area contributed by atoms with E-state index in [4.69, 9.17) is 14.5 Å². The molecule has 0 unspecified atom stereocenters. The maximum Gasteiger partial charge on any atom is 0.355 e. The summed E-state index contributed by atoms with van der Waals surface area (Å²) >= 11 is 2.66. The molecule has 3 aromatic heterocycles. The van der Waals surface area contributed by atoms with E-state index in [0.29, 0.717) is 59.3 Å². The Kier molecular flexibility index (Phi) is 17.4. The molecular formula is C47H64FN7O5S2Si2. The number of amides is 1. The number of carboxylic acid groups (broad SMARTS) is 1. The highest BCUT2D eigenvalue weighted by molar-refractivity contribution is 7.16. The van der Waals surface area contributed by atoms with Crippen LogP contribution in [0, 0.1) is 24.6 Å². The molecule has 3 heterocycles. The number of aromatic nitrogens is 4. The maximum atomic E-state index is 14.9. The van der Waals surface area contributed by atoms with Crippen LogP contribution in [-0.2, 0) is 22.7 Å². The number of carbonyl (C=O) groups excluding carboxylic acids is 1. The highest BCUT2D eigenvalue weighted by Crippen LogP contribution is 2.40. The van der Waals surface area contributed by atoms with Crippen LogP contribution in [0.2, 0.25) is 49.9 Å². The van der Waals surface area contributed by atoms with Gasteiger partial charge in [-0.2, -0.15) is 4.99 Å². The van der Waals surface area contributed by atoms with Gasteiger partial charge in [-0.3, -0.25) is 14.3 Å². The molecule has 0 bridgehead atoms. The molecule has 5 aromatic rings. The summed E-state index contributed by atoms with van der Waals surface area (Å²) in [6.07, 6.45) is 2.44. The molecule has 0 saturated carbocycles. The molecule has 0 spiro atoms. The second-order valence-corrected chi connectivity index (χ2v) is 32.7. The minimum Gasteiger partial charge on any atom is -0.491 e. The number of hydrogen-bond acceptors (Lipinski definition) is 11. The van der Waals surface area contributed by atoms with Gasteiger partial charge < -0.3 is 14.6 Å². The molecule has 0 fully saturated rings. The Hall–Kier alpha value is -4.58. The third-order valence-electron chi connectivity index (χ3n) is 11.3. The fourth-order valence-electron chi connectivity index (χ4n) is 6.38. The van der Waals surface area contributed by atoms with Crippen LogP contribution in [0.3, 0.4) is 0 Å². The van der Waals surface area contributed by atoms with Crippen molar-refractivity contribution in [2.45, 2.75) is 116 Å². The number of rotatable bonds is 20. The normalized spacial score (nSPS) is 12.5. The molecule has 0 aliphatic heterocycles. The van der Waals surface area contributed by atoms with Gasteiger partial charge >= 0.3 is 5.97 Å². The Morgan fingerprint density at radius 3 is 2.39 bits per heavy atom. The van der Waals surface area contributed by atoms with Crippen LogP contribution in [0.4, 0.5) is 21.2 Å². The number of thiazole rings is 2. The molecule has 17 heteroatoms. The number of benzene rings is 2. The maximum absolute atomic E-state index is 14.9. The first-order valence-corrected chi connectivity index (χ1v) is 30.4. The van der Waals surface area contributed by atoms with E-state index >= 15 is 0 Å². The summed E-state index contributed by atoms with van der Waals surface area (Å²) < 4.78 is 29.9. The van der Waals surface area contributed by atoms with E-state index in [1.54, 1.807) is 18.2 Å². The average molecular weight is 946 g/mol. The average Bonchev–Trinajstić information content (AvgIpc) is 3.78. The molecular weight excluding hydrogens is 882 g/mol. The Balaban J connectivity index is 1.41. The van der Waals surface area contributed by atoms with E-state index in [-0.39, 0.29) is 52.8 Å². The minimum atomic E-state index is -1.56. The standard InChI is InChI=1S/C47H64FN7O5S2Si2/c1-33-30-40(51-52-43(33)50-45-54(32-59-27-29-63(7,8)9)36-19-12-13-20-38(36)61-45)55(41(56)22-14-15-28-64(10,11)47(2,3)4)46-49-42(44(57)58)39(62-46)21-17-26-60-37-24-23-34(31-35(37)48)18-16-25-53(5)6/h12-13,19-20,23-24,30-31H,14-15,17,21-22,25-29,32H2,1-11H3,(H,57,58)/b50-45-. The summed E-state index contributed by atoms with van der Waals surface area (Å²) in [6.45, 7) is 22.2. The molecule has 0 atom stereocenters. The second-order valence-electron chi connectivity index (χ2n) is 19.2. The zero-order valence-corrected chi connectivity index (χ0v) is 42.9. The fourth-order valence-corrected chi connectivity index (χ4v) is 11.2. The van der Waals surface area contributed by atoms with E-state index in [1.165, 1.54) is 22.3 Å². The lowest BCUT2D eigenvalue weighted by atomic mass is 10.2. The molecule has 12 nitrogen and oxygen atoms in total. The van der Waals surface area contributed by atoms with Crippen molar-refractivity contribution in [2.75, 3.05) is 38.8 Å². The summed E-state index contributed by atoms with van der Waals surface area (Å²) in [5.41, 5.74) is 2.08. The first kappa shape index (κ1) is 50.4. The number of para-hydroxylation sites is 1. The molecule has 344 valence electrons. The van der Waals surface area contributed by atoms with Gasteiger partial charge in [0.05, 0.1) is 31.4 Å². The zero-order valence-electron chi connectivity index (χ0n) is 39.3. The lowest BCUT2D eigenvalue weighted by Crippen LogP contribution is -2.36. The van der Waals surface area contributed by atoms with E-state index in [9.17, 15) is 19.1 Å². The SMILES string of the molecule is Cc1cc(N(C(=O)CCCC[Si](C)(C)C(C)(C)C)c2nc(C(=O)O)c(CCCOc3ccc(C#CCN(C)C)cc3F)s2)nnc1/N=c1\sc2ccccc2n1COCC[Si](C)(C)C. The monoisotopic (exact) mass is 945 g/mol. The lowest BCUT2D eigenvalue weighted by Gasteiger charge is -2.37. The number of unbranched alkanes of at least 4 members (excludes halogenated alkanes) is 1. The van der Waals surface area contributed by atoms with Crippen LogP contribution in [0.1, 0.15) is 72.9 Å². The summed E-state index contributed by atoms with van der Waals surface area (Å²) in [5.74, 6) is 4.66. The van der Waals surface area contributed by atoms with Crippen molar-refractivity contribution >= 4 is 77.7 Å². The number of carbonyl (C=O) groups is 2. The first-order chi connectivity index (χ1) is 30.1. The quantitative estimate of drug-likeness (QED) is 0.0459. The van der Waals surface area contributed by atoms with Crippen molar-refractivity contribution in [1.29, 1.82) is 0 Å². The highest BCUT2D eigenvalue weighted by Gasteiger charge is 2.34. The fraction of sp³-hybridized carbons (Fsp3) is 0.489. The summed E-state index contributed by atoms with van der Waals surface area (Å²) in [7, 11) is 0.987. The number of ether oxygens (including phenoxy) is 2. The molecule has 0 radical (unpaired) electrons. The predicted octanol–water partition coefficient (Wildman–Crippen LogP) is 10.9. The van der Waals surface area contributed by atoms with E-state index in [0.717, 1.165) is 40.1 Å². The number of nitrogens with zero attached hydrogens (tertiary/aromatic N) is 7. The number of aryl methyl sites for hydroxylation is 2. The van der Waals surface area contributed by atoms with Crippen LogP contribution < -0.4 is 14.4 Å². The molecule has 1 N–H and O–H groups in total. The molecule has 2 aromatic carbocycles. The molecule has 1 amide bonds. The van der Waals surface area contributed by atoms with Gasteiger partial charge in [-0.05, 0) is 93.3 Å². The largest absolute Gasteiger partial charge is 0.491 e. The number of aromatic carboxylic acids is 1. The summed E-state index contributed by atoms with van der Waals surface area (Å²) in [6, 6.07) is 16.6. The Labute approximate surface area is 387 Å². The minimum absolute atomic E-state index is 0.0871. The van der Waals surface area contributed by atoms with Gasteiger partial charge in [-0.1, -0.05) is 101 Å². The van der Waals surface area contributed by atoms with Crippen molar-refractivity contribution < 1.29 is 28.6 Å². The number of anilines is 2. The molecule has 5 rings (SSSR count). The van der Waals surface area contributed by atoms with Crippen LogP contribution >= 0.6 is 22.7 Å². The highest BCUT2D eigenvalue weighted by atomic mass is 32.1. The van der Waals surface area contributed by atoms with Gasteiger partial charge in [0.2, 0.25) is 5.91 Å². The molecule has 0 aliphatic rings. The van der Waals surface area contributed by atoms with Gasteiger partial charge in [-0.25, -0.2) is 19.1 Å². The van der Waals surface area contributed by atoms with Crippen LogP contribution in [0.25, 0.3) is 10.2 Å². The van der Waals surface area contributed by atoms with Crippen molar-refractivity contribution in [3.05, 3.63) is 80.8 Å². The van der Waals surface area contributed by atoms with Gasteiger partial charge in [0.15, 0.2) is 38.8 Å².